The number of carbonyl (C=O) groups excluding carboxylic acids is 2. The Balaban J connectivity index is 2.03. The van der Waals surface area contributed by atoms with E-state index in [0.29, 0.717) is 12.3 Å². The van der Waals surface area contributed by atoms with Gasteiger partial charge in [-0.05, 0) is 48.7 Å². The fourth-order valence-corrected chi connectivity index (χ4v) is 3.82. The number of hydrogen-bond acceptors (Lipinski definition) is 3. The first-order chi connectivity index (χ1) is 13.9. The molecule has 1 N–H and O–H groups in total. The molecule has 0 aliphatic rings. The minimum Gasteiger partial charge on any atom is -0.354 e. The van der Waals surface area contributed by atoms with Crippen LogP contribution in [-0.2, 0) is 21.9 Å². The summed E-state index contributed by atoms with van der Waals surface area (Å²) in [6, 6.07) is 13.4. The number of amides is 2. The van der Waals surface area contributed by atoms with Gasteiger partial charge < -0.3 is 10.2 Å². The average Bonchev–Trinajstić information content (AvgIpc) is 2.72. The third kappa shape index (κ3) is 7.82. The Labute approximate surface area is 184 Å². The van der Waals surface area contributed by atoms with Gasteiger partial charge in [-0.3, -0.25) is 9.59 Å². The number of nitrogens with one attached hydrogen (secondary N) is 1. The minimum absolute atomic E-state index is 0.115. The van der Waals surface area contributed by atoms with E-state index in [1.54, 1.807) is 24.0 Å². The second kappa shape index (κ2) is 12.0. The van der Waals surface area contributed by atoms with Crippen molar-refractivity contribution in [3.8, 4) is 0 Å². The van der Waals surface area contributed by atoms with Crippen molar-refractivity contribution in [3.05, 3.63) is 69.9 Å². The van der Waals surface area contributed by atoms with Crippen LogP contribution in [0.5, 0.6) is 0 Å². The van der Waals surface area contributed by atoms with Crippen LogP contribution in [0.4, 0.5) is 4.39 Å². The van der Waals surface area contributed by atoms with Crippen LogP contribution >= 0.6 is 27.7 Å². The highest BCUT2D eigenvalue weighted by molar-refractivity contribution is 9.10. The van der Waals surface area contributed by atoms with Crippen molar-refractivity contribution in [1.82, 2.24) is 10.2 Å². The van der Waals surface area contributed by atoms with Crippen molar-refractivity contribution in [2.75, 3.05) is 12.3 Å². The predicted molar refractivity (Wildman–Crippen MR) is 120 cm³/mol. The molecule has 0 saturated heterocycles. The third-order valence-electron chi connectivity index (χ3n) is 4.39. The quantitative estimate of drug-likeness (QED) is 0.532. The van der Waals surface area contributed by atoms with E-state index in [9.17, 15) is 14.0 Å². The first-order valence-electron chi connectivity index (χ1n) is 9.54. The van der Waals surface area contributed by atoms with E-state index in [1.807, 2.05) is 31.2 Å². The summed E-state index contributed by atoms with van der Waals surface area (Å²) in [5, 5.41) is 2.85. The molecule has 0 aliphatic heterocycles. The second-order valence-corrected chi connectivity index (χ2v) is 8.64. The van der Waals surface area contributed by atoms with E-state index in [4.69, 9.17) is 0 Å². The molecule has 4 nitrogen and oxygen atoms in total. The van der Waals surface area contributed by atoms with E-state index >= 15 is 0 Å². The van der Waals surface area contributed by atoms with Crippen LogP contribution in [0, 0.1) is 5.82 Å². The Kier molecular flexibility index (Phi) is 9.67. The lowest BCUT2D eigenvalue weighted by molar-refractivity contribution is -0.138. The molecule has 2 aromatic rings. The Morgan fingerprint density at radius 1 is 1.10 bits per heavy atom. The van der Waals surface area contributed by atoms with Crippen molar-refractivity contribution in [1.29, 1.82) is 0 Å². The first kappa shape index (κ1) is 23.4. The molecule has 0 aliphatic carbocycles. The summed E-state index contributed by atoms with van der Waals surface area (Å²) in [6.45, 7) is 4.54. The highest BCUT2D eigenvalue weighted by atomic mass is 79.9. The molecule has 2 aromatic carbocycles. The molecule has 2 amide bonds. The molecule has 0 spiro atoms. The van der Waals surface area contributed by atoms with Crippen LogP contribution < -0.4 is 5.32 Å². The van der Waals surface area contributed by atoms with Crippen LogP contribution in [0.2, 0.25) is 0 Å². The smallest absolute Gasteiger partial charge is 0.242 e. The summed E-state index contributed by atoms with van der Waals surface area (Å²) in [5.74, 6) is 0.351. The van der Waals surface area contributed by atoms with Gasteiger partial charge >= 0.3 is 0 Å². The van der Waals surface area contributed by atoms with Crippen LogP contribution in [-0.4, -0.2) is 35.1 Å². The van der Waals surface area contributed by atoms with Gasteiger partial charge in [-0.2, -0.15) is 0 Å². The summed E-state index contributed by atoms with van der Waals surface area (Å²) >= 11 is 4.92. The Hall–Kier alpha value is -1.86. The fourth-order valence-electron chi connectivity index (χ4n) is 2.68. The molecule has 0 fully saturated rings. The van der Waals surface area contributed by atoms with Crippen LogP contribution in [0.15, 0.2) is 53.0 Å². The molecule has 2 rings (SSSR count). The summed E-state index contributed by atoms with van der Waals surface area (Å²) in [6.07, 6.45) is 0.827. The first-order valence-corrected chi connectivity index (χ1v) is 11.5. The van der Waals surface area contributed by atoms with Crippen LogP contribution in [0.3, 0.4) is 0 Å². The minimum atomic E-state index is -0.604. The van der Waals surface area contributed by atoms with Gasteiger partial charge in [0.2, 0.25) is 11.8 Å². The second-order valence-electron chi connectivity index (χ2n) is 6.73. The summed E-state index contributed by atoms with van der Waals surface area (Å²) in [7, 11) is 0. The van der Waals surface area contributed by atoms with Crippen molar-refractivity contribution in [2.24, 2.45) is 0 Å². The topological polar surface area (TPSA) is 49.4 Å². The molecular formula is C22H26BrFN2O2S. The van der Waals surface area contributed by atoms with E-state index in [1.165, 1.54) is 23.9 Å². The number of hydrogen-bond donors (Lipinski definition) is 1. The van der Waals surface area contributed by atoms with Gasteiger partial charge in [0, 0.05) is 23.3 Å². The number of halogens is 2. The molecule has 0 aromatic heterocycles. The zero-order valence-corrected chi connectivity index (χ0v) is 19.1. The fraction of sp³-hybridized carbons (Fsp3) is 0.364. The van der Waals surface area contributed by atoms with Gasteiger partial charge in [-0.1, -0.05) is 47.1 Å². The van der Waals surface area contributed by atoms with Gasteiger partial charge in [0.15, 0.2) is 0 Å². The molecule has 0 saturated carbocycles. The molecule has 1 atom stereocenters. The lowest BCUT2D eigenvalue weighted by Crippen LogP contribution is -2.48. The van der Waals surface area contributed by atoms with Crippen molar-refractivity contribution in [2.45, 2.75) is 38.6 Å². The van der Waals surface area contributed by atoms with Crippen molar-refractivity contribution in [3.63, 3.8) is 0 Å². The highest BCUT2D eigenvalue weighted by Gasteiger charge is 2.25. The highest BCUT2D eigenvalue weighted by Crippen LogP contribution is 2.18. The molecule has 156 valence electrons. The molecule has 0 heterocycles. The van der Waals surface area contributed by atoms with E-state index in [2.05, 4.69) is 21.2 Å². The van der Waals surface area contributed by atoms with Gasteiger partial charge in [-0.25, -0.2) is 4.39 Å². The van der Waals surface area contributed by atoms with Gasteiger partial charge in [-0.15, -0.1) is 11.8 Å². The summed E-state index contributed by atoms with van der Waals surface area (Å²) in [5.41, 5.74) is 1.91. The molecule has 0 unspecified atom stereocenters. The number of rotatable bonds is 10. The monoisotopic (exact) mass is 480 g/mol. The summed E-state index contributed by atoms with van der Waals surface area (Å²) < 4.78 is 14.2. The van der Waals surface area contributed by atoms with E-state index < -0.39 is 6.04 Å². The third-order valence-corrected chi connectivity index (χ3v) is 5.91. The standard InChI is InChI=1S/C22H26BrFN2O2S/c1-3-12-25-22(28)16(2)26(13-17-6-10-20(24)11-7-17)21(27)15-29-14-18-4-8-19(23)9-5-18/h4-11,16H,3,12-15H2,1-2H3,(H,25,28)/t16-/m1/s1. The van der Waals surface area contributed by atoms with E-state index in [0.717, 1.165) is 22.0 Å². The number of benzene rings is 2. The Morgan fingerprint density at radius 3 is 2.34 bits per heavy atom. The molecule has 0 bridgehead atoms. The molecule has 29 heavy (non-hydrogen) atoms. The van der Waals surface area contributed by atoms with Crippen molar-refractivity contribution < 1.29 is 14.0 Å². The zero-order chi connectivity index (χ0) is 21.2. The van der Waals surface area contributed by atoms with Gasteiger partial charge in [0.25, 0.3) is 0 Å². The Morgan fingerprint density at radius 2 is 1.72 bits per heavy atom. The number of carbonyl (C=O) groups is 2. The zero-order valence-electron chi connectivity index (χ0n) is 16.7. The predicted octanol–water partition coefficient (Wildman–Crippen LogP) is 4.76. The lowest BCUT2D eigenvalue weighted by Gasteiger charge is -2.28. The van der Waals surface area contributed by atoms with Crippen LogP contribution in [0.25, 0.3) is 0 Å². The van der Waals surface area contributed by atoms with Gasteiger partial charge in [0.05, 0.1) is 5.75 Å². The maximum Gasteiger partial charge on any atom is 0.242 e. The van der Waals surface area contributed by atoms with Crippen molar-refractivity contribution >= 4 is 39.5 Å². The number of thioether (sulfide) groups is 1. The van der Waals surface area contributed by atoms with E-state index in [-0.39, 0.29) is 29.9 Å². The van der Waals surface area contributed by atoms with Gasteiger partial charge in [0.1, 0.15) is 11.9 Å². The SMILES string of the molecule is CCCNC(=O)[C@@H](C)N(Cc1ccc(F)cc1)C(=O)CSCc1ccc(Br)cc1. The Bertz CT molecular complexity index is 799. The average molecular weight is 481 g/mol. The largest absolute Gasteiger partial charge is 0.354 e. The van der Waals surface area contributed by atoms with Crippen LogP contribution in [0.1, 0.15) is 31.4 Å². The molecular weight excluding hydrogens is 455 g/mol. The summed E-state index contributed by atoms with van der Waals surface area (Å²) in [4.78, 5) is 26.9. The maximum absolute atomic E-state index is 13.2. The molecule has 7 heteroatoms. The molecule has 0 radical (unpaired) electrons. The maximum atomic E-state index is 13.2. The normalized spacial score (nSPS) is 11.7. The lowest BCUT2D eigenvalue weighted by atomic mass is 10.1. The number of nitrogens with zero attached hydrogens (tertiary/aromatic N) is 1.